The van der Waals surface area contributed by atoms with Gasteiger partial charge < -0.3 is 9.30 Å². The molecular formula is C21H19N5O3. The fraction of sp³-hybridized carbons (Fsp3) is 0.190. The van der Waals surface area contributed by atoms with Gasteiger partial charge in [0, 0.05) is 12.2 Å². The molecule has 0 atom stereocenters. The molecule has 29 heavy (non-hydrogen) atoms. The lowest BCUT2D eigenvalue weighted by Crippen LogP contribution is -2.31. The monoisotopic (exact) mass is 389 g/mol. The van der Waals surface area contributed by atoms with Gasteiger partial charge in [0.2, 0.25) is 0 Å². The van der Waals surface area contributed by atoms with E-state index in [1.165, 1.54) is 22.8 Å². The van der Waals surface area contributed by atoms with Gasteiger partial charge in [-0.1, -0.05) is 18.7 Å². The first kappa shape index (κ1) is 19.8. The van der Waals surface area contributed by atoms with Gasteiger partial charge in [-0.3, -0.25) is 14.0 Å². The first-order chi connectivity index (χ1) is 14.0. The van der Waals surface area contributed by atoms with Crippen LogP contribution >= 0.6 is 0 Å². The number of pyridine rings is 2. The van der Waals surface area contributed by atoms with Crippen molar-refractivity contribution < 1.29 is 9.53 Å². The van der Waals surface area contributed by atoms with Crippen LogP contribution in [0.5, 0.6) is 0 Å². The molecule has 0 saturated carbocycles. The average molecular weight is 389 g/mol. The molecule has 8 heteroatoms. The van der Waals surface area contributed by atoms with Crippen LogP contribution < -0.4 is 11.0 Å². The van der Waals surface area contributed by atoms with Crippen LogP contribution in [0.2, 0.25) is 0 Å². The quantitative estimate of drug-likeness (QED) is 0.378. The molecule has 0 unspecified atom stereocenters. The van der Waals surface area contributed by atoms with E-state index in [9.17, 15) is 14.9 Å². The molecular weight excluding hydrogens is 370 g/mol. The van der Waals surface area contributed by atoms with Gasteiger partial charge in [-0.05, 0) is 38.1 Å². The molecule has 3 rings (SSSR count). The molecule has 3 heterocycles. The van der Waals surface area contributed by atoms with Crippen LogP contribution in [0.1, 0.15) is 25.5 Å². The number of aromatic nitrogens is 3. The zero-order valence-electron chi connectivity index (χ0n) is 16.1. The Morgan fingerprint density at radius 1 is 1.45 bits per heavy atom. The Morgan fingerprint density at radius 2 is 2.24 bits per heavy atom. The molecule has 0 radical (unpaired) electrons. The highest BCUT2D eigenvalue weighted by atomic mass is 16.5. The maximum Gasteiger partial charge on any atom is 0.285 e. The second-order valence-electron chi connectivity index (χ2n) is 6.42. The lowest BCUT2D eigenvalue weighted by molar-refractivity contribution is -0.120. The summed E-state index contributed by atoms with van der Waals surface area (Å²) in [6.07, 6.45) is 6.00. The van der Waals surface area contributed by atoms with E-state index in [4.69, 9.17) is 4.74 Å². The van der Waals surface area contributed by atoms with Crippen LogP contribution in [-0.4, -0.2) is 26.5 Å². The van der Waals surface area contributed by atoms with Crippen molar-refractivity contribution in [3.05, 3.63) is 76.9 Å². The third-order valence-corrected chi connectivity index (χ3v) is 4.12. The largest absolute Gasteiger partial charge is 0.491 e. The minimum atomic E-state index is -0.568. The van der Waals surface area contributed by atoms with E-state index in [2.05, 4.69) is 16.6 Å². The number of ether oxygens (including phenoxy) is 1. The predicted octanol–water partition coefficient (Wildman–Crippen LogP) is 2.25. The van der Waals surface area contributed by atoms with Gasteiger partial charge in [0.25, 0.3) is 11.5 Å². The maximum absolute atomic E-state index is 12.9. The summed E-state index contributed by atoms with van der Waals surface area (Å²) in [5.74, 6) is -0.568. The lowest BCUT2D eigenvalue weighted by Gasteiger charge is -2.16. The normalized spacial score (nSPS) is 12.0. The number of nitriles is 1. The molecule has 0 aliphatic heterocycles. The van der Waals surface area contributed by atoms with Crippen LogP contribution in [0.25, 0.3) is 16.7 Å². The van der Waals surface area contributed by atoms with Crippen molar-refractivity contribution in [2.24, 2.45) is 4.99 Å². The van der Waals surface area contributed by atoms with E-state index in [1.807, 2.05) is 19.9 Å². The maximum atomic E-state index is 12.9. The molecule has 0 aromatic carbocycles. The van der Waals surface area contributed by atoms with Crippen LogP contribution in [-0.2, 0) is 9.53 Å². The topological polar surface area (TPSA) is 102 Å². The molecule has 0 aliphatic carbocycles. The van der Waals surface area contributed by atoms with Gasteiger partial charge in [-0.25, -0.2) is 4.98 Å². The first-order valence-corrected chi connectivity index (χ1v) is 8.91. The number of fused-ring (bicyclic) bond motifs is 2. The van der Waals surface area contributed by atoms with E-state index in [1.54, 1.807) is 35.0 Å². The summed E-state index contributed by atoms with van der Waals surface area (Å²) in [6, 6.07) is 8.46. The summed E-state index contributed by atoms with van der Waals surface area (Å²) >= 11 is 0. The number of amides is 1. The average Bonchev–Trinajstić information content (AvgIpc) is 2.71. The van der Waals surface area contributed by atoms with Crippen molar-refractivity contribution in [2.45, 2.75) is 19.9 Å². The van der Waals surface area contributed by atoms with Crippen LogP contribution in [0.3, 0.4) is 0 Å². The summed E-state index contributed by atoms with van der Waals surface area (Å²) < 4.78 is 8.13. The van der Waals surface area contributed by atoms with E-state index in [-0.39, 0.29) is 34.6 Å². The predicted molar refractivity (Wildman–Crippen MR) is 108 cm³/mol. The molecule has 146 valence electrons. The molecule has 0 spiro atoms. The number of carbonyl (C=O) groups excluding carboxylic acids is 1. The molecule has 0 fully saturated rings. The van der Waals surface area contributed by atoms with Crippen molar-refractivity contribution in [1.82, 2.24) is 14.0 Å². The third kappa shape index (κ3) is 3.84. The van der Waals surface area contributed by atoms with Crippen molar-refractivity contribution in [3.63, 3.8) is 0 Å². The minimum Gasteiger partial charge on any atom is -0.491 e. The molecule has 0 saturated heterocycles. The highest BCUT2D eigenvalue weighted by Gasteiger charge is 2.16. The fourth-order valence-electron chi connectivity index (χ4n) is 2.91. The Balaban J connectivity index is 2.32. The molecule has 0 N–H and O–H groups in total. The van der Waals surface area contributed by atoms with Gasteiger partial charge in [0.15, 0.2) is 12.1 Å². The number of hydrogen-bond donors (Lipinski definition) is 0. The van der Waals surface area contributed by atoms with Gasteiger partial charge >= 0.3 is 0 Å². The minimum absolute atomic E-state index is 0.107. The summed E-state index contributed by atoms with van der Waals surface area (Å²) in [5.41, 5.74) is 0.764. The van der Waals surface area contributed by atoms with Gasteiger partial charge in [0.1, 0.15) is 17.4 Å². The van der Waals surface area contributed by atoms with Gasteiger partial charge in [0.05, 0.1) is 17.2 Å². The number of nitrogens with zero attached hydrogens (tertiary/aromatic N) is 5. The molecule has 3 aromatic rings. The first-order valence-electron chi connectivity index (χ1n) is 8.91. The summed E-state index contributed by atoms with van der Waals surface area (Å²) in [7, 11) is 0. The number of carbonyl (C=O) groups is 1. The van der Waals surface area contributed by atoms with E-state index in [0.717, 1.165) is 0 Å². The van der Waals surface area contributed by atoms with Crippen LogP contribution in [0.4, 0.5) is 0 Å². The second-order valence-corrected chi connectivity index (χ2v) is 6.42. The smallest absolute Gasteiger partial charge is 0.285 e. The summed E-state index contributed by atoms with van der Waals surface area (Å²) in [5, 5.41) is 9.90. The standard InChI is InChI=1S/C21H19N5O3/c1-4-5-10-29-13-18(27)24-19-15(12-22)11-16-20(26(19)14(2)3)23-17-8-6-7-9-25(17)21(16)28/h4-11,14H,1,13H2,2-3H3/b10-5-,24-19?. The zero-order chi connectivity index (χ0) is 21.0. The molecule has 0 bridgehead atoms. The summed E-state index contributed by atoms with van der Waals surface area (Å²) in [6.45, 7) is 6.94. The van der Waals surface area contributed by atoms with E-state index < -0.39 is 5.91 Å². The Morgan fingerprint density at radius 3 is 2.93 bits per heavy atom. The van der Waals surface area contributed by atoms with Crippen molar-refractivity contribution in [2.75, 3.05) is 6.61 Å². The lowest BCUT2D eigenvalue weighted by atomic mass is 10.2. The second kappa shape index (κ2) is 8.35. The molecule has 8 nitrogen and oxygen atoms in total. The highest BCUT2D eigenvalue weighted by molar-refractivity contribution is 5.80. The molecule has 3 aromatic heterocycles. The van der Waals surface area contributed by atoms with Gasteiger partial charge in [-0.2, -0.15) is 10.3 Å². The Bertz CT molecular complexity index is 1310. The number of hydrogen-bond acceptors (Lipinski definition) is 5. The highest BCUT2D eigenvalue weighted by Crippen LogP contribution is 2.14. The SMILES string of the molecule is C=C/C=C\OCC(=O)N=c1c(C#N)cc2c(=O)n3ccccc3nc2n1C(C)C. The Hall–Kier alpha value is -3.99. The molecule has 0 aliphatic rings. The zero-order valence-corrected chi connectivity index (χ0v) is 16.1. The summed E-state index contributed by atoms with van der Waals surface area (Å²) in [4.78, 5) is 33.9. The number of allylic oxidation sites excluding steroid dienone is 2. The van der Waals surface area contributed by atoms with Gasteiger partial charge in [-0.15, -0.1) is 0 Å². The van der Waals surface area contributed by atoms with Crippen molar-refractivity contribution in [1.29, 1.82) is 5.26 Å². The van der Waals surface area contributed by atoms with Crippen molar-refractivity contribution in [3.8, 4) is 6.07 Å². The van der Waals surface area contributed by atoms with Crippen LogP contribution in [0, 0.1) is 11.3 Å². The third-order valence-electron chi connectivity index (χ3n) is 4.12. The molecule has 1 amide bonds. The van der Waals surface area contributed by atoms with E-state index >= 15 is 0 Å². The van der Waals surface area contributed by atoms with E-state index in [0.29, 0.717) is 11.3 Å². The fourth-order valence-corrected chi connectivity index (χ4v) is 2.91. The Labute approximate surface area is 166 Å². The van der Waals surface area contributed by atoms with Crippen LogP contribution in [0.15, 0.2) is 65.2 Å². The van der Waals surface area contributed by atoms with Crippen molar-refractivity contribution >= 4 is 22.6 Å². The number of rotatable bonds is 5. The Kier molecular flexibility index (Phi) is 5.69.